The Bertz CT molecular complexity index is 988. The molecule has 1 saturated carbocycles. The van der Waals surface area contributed by atoms with Crippen molar-refractivity contribution in [3.8, 4) is 0 Å². The number of carboxylic acids is 1. The van der Waals surface area contributed by atoms with Crippen LogP contribution in [0.3, 0.4) is 0 Å². The SMILES string of the molecule is CC(O)(C=C[C@H]1[C@H](O)CC(=O)[C@@H]1SCCCSCC(=O)O)CCc1ccc2ccccc2c1. The molecule has 0 heterocycles. The van der Waals surface area contributed by atoms with Crippen LogP contribution in [0.15, 0.2) is 54.6 Å². The Morgan fingerprint density at radius 3 is 2.70 bits per heavy atom. The molecule has 3 N–H and O–H groups in total. The van der Waals surface area contributed by atoms with Gasteiger partial charge in [-0.15, -0.1) is 11.8 Å². The Hall–Kier alpha value is -1.80. The molecule has 0 aliphatic heterocycles. The molecule has 0 amide bonds. The summed E-state index contributed by atoms with van der Waals surface area (Å²) in [5.74, 6) is 0.452. The van der Waals surface area contributed by atoms with Gasteiger partial charge >= 0.3 is 5.97 Å². The first kappa shape index (κ1) is 25.8. The van der Waals surface area contributed by atoms with E-state index in [2.05, 4.69) is 30.3 Å². The van der Waals surface area contributed by atoms with E-state index in [0.29, 0.717) is 6.42 Å². The van der Waals surface area contributed by atoms with E-state index in [4.69, 9.17) is 5.11 Å². The zero-order chi connectivity index (χ0) is 23.8. The van der Waals surface area contributed by atoms with Gasteiger partial charge in [0.1, 0.15) is 5.78 Å². The summed E-state index contributed by atoms with van der Waals surface area (Å²) >= 11 is 2.89. The molecule has 2 aromatic rings. The van der Waals surface area contributed by atoms with Crippen molar-refractivity contribution in [1.82, 2.24) is 0 Å². The van der Waals surface area contributed by atoms with Crippen molar-refractivity contribution >= 4 is 46.0 Å². The molecule has 4 atom stereocenters. The van der Waals surface area contributed by atoms with Crippen LogP contribution in [-0.4, -0.2) is 61.3 Å². The van der Waals surface area contributed by atoms with Crippen molar-refractivity contribution in [3.05, 3.63) is 60.2 Å². The number of carbonyl (C=O) groups is 2. The lowest BCUT2D eigenvalue weighted by molar-refractivity contribution is -0.133. The predicted molar refractivity (Wildman–Crippen MR) is 137 cm³/mol. The van der Waals surface area contributed by atoms with E-state index in [9.17, 15) is 19.8 Å². The second-order valence-corrected chi connectivity index (χ2v) is 11.2. The molecule has 178 valence electrons. The number of hydrogen-bond acceptors (Lipinski definition) is 6. The summed E-state index contributed by atoms with van der Waals surface area (Å²) in [6.45, 7) is 1.76. The fraction of sp³-hybridized carbons (Fsp3) is 0.462. The summed E-state index contributed by atoms with van der Waals surface area (Å²) in [4.78, 5) is 23.0. The van der Waals surface area contributed by atoms with E-state index in [0.717, 1.165) is 29.9 Å². The maximum Gasteiger partial charge on any atom is 0.313 e. The fourth-order valence-electron chi connectivity index (χ4n) is 4.03. The van der Waals surface area contributed by atoms with E-state index in [1.165, 1.54) is 34.3 Å². The van der Waals surface area contributed by atoms with Gasteiger partial charge in [0.15, 0.2) is 0 Å². The number of carbonyl (C=O) groups excluding carboxylic acids is 1. The molecule has 0 spiro atoms. The van der Waals surface area contributed by atoms with Gasteiger partial charge in [0.2, 0.25) is 0 Å². The number of carboxylic acid groups (broad SMARTS) is 1. The second kappa shape index (κ2) is 12.1. The zero-order valence-corrected chi connectivity index (χ0v) is 20.5. The first-order valence-corrected chi connectivity index (χ1v) is 13.5. The molecule has 0 aromatic heterocycles. The maximum absolute atomic E-state index is 12.4. The lowest BCUT2D eigenvalue weighted by Crippen LogP contribution is -2.25. The number of aliphatic hydroxyl groups excluding tert-OH is 1. The summed E-state index contributed by atoms with van der Waals surface area (Å²) < 4.78 is 0. The van der Waals surface area contributed by atoms with Crippen molar-refractivity contribution in [2.45, 2.75) is 49.6 Å². The molecule has 5 nitrogen and oxygen atoms in total. The average molecular weight is 489 g/mol. The molecule has 0 bridgehead atoms. The Labute approximate surface area is 203 Å². The van der Waals surface area contributed by atoms with Crippen LogP contribution in [0, 0.1) is 5.92 Å². The highest BCUT2D eigenvalue weighted by Crippen LogP contribution is 2.35. The van der Waals surface area contributed by atoms with Gasteiger partial charge in [-0.2, -0.15) is 11.8 Å². The van der Waals surface area contributed by atoms with E-state index in [1.807, 2.05) is 18.2 Å². The van der Waals surface area contributed by atoms with Crippen LogP contribution in [0.25, 0.3) is 10.8 Å². The number of thioether (sulfide) groups is 2. The number of fused-ring (bicyclic) bond motifs is 1. The summed E-state index contributed by atoms with van der Waals surface area (Å²) in [5.41, 5.74) is 0.118. The largest absolute Gasteiger partial charge is 0.481 e. The molecule has 2 aromatic carbocycles. The molecule has 3 rings (SSSR count). The molecular formula is C26H32O5S2. The minimum atomic E-state index is -1.04. The quantitative estimate of drug-likeness (QED) is 0.302. The number of benzene rings is 2. The lowest BCUT2D eigenvalue weighted by Gasteiger charge is -2.22. The smallest absolute Gasteiger partial charge is 0.313 e. The predicted octanol–water partition coefficient (Wildman–Crippen LogP) is 4.34. The van der Waals surface area contributed by atoms with Crippen molar-refractivity contribution < 1.29 is 24.9 Å². The van der Waals surface area contributed by atoms with E-state index < -0.39 is 17.7 Å². The monoisotopic (exact) mass is 488 g/mol. The number of rotatable bonds is 12. The number of aliphatic carboxylic acids is 1. The number of Topliss-reactive ketones (excluding diaryl/α,β-unsaturated/α-hetero) is 1. The topological polar surface area (TPSA) is 94.8 Å². The molecule has 7 heteroatoms. The fourth-order valence-corrected chi connectivity index (χ4v) is 6.22. The molecule has 1 aliphatic rings. The third-order valence-corrected chi connectivity index (χ3v) is 8.38. The van der Waals surface area contributed by atoms with Crippen molar-refractivity contribution in [1.29, 1.82) is 0 Å². The van der Waals surface area contributed by atoms with Gasteiger partial charge in [-0.1, -0.05) is 54.6 Å². The Kier molecular flexibility index (Phi) is 9.44. The third-order valence-electron chi connectivity index (χ3n) is 5.89. The third kappa shape index (κ3) is 7.88. The lowest BCUT2D eigenvalue weighted by atomic mass is 9.93. The van der Waals surface area contributed by atoms with Crippen LogP contribution in [-0.2, 0) is 16.0 Å². The zero-order valence-electron chi connectivity index (χ0n) is 18.9. The molecule has 33 heavy (non-hydrogen) atoms. The number of ketones is 1. The van der Waals surface area contributed by atoms with Gasteiger partial charge in [-0.3, -0.25) is 9.59 Å². The van der Waals surface area contributed by atoms with Gasteiger partial charge < -0.3 is 15.3 Å². The highest BCUT2D eigenvalue weighted by Gasteiger charge is 2.40. The van der Waals surface area contributed by atoms with Gasteiger partial charge in [0, 0.05) is 12.3 Å². The van der Waals surface area contributed by atoms with Crippen molar-refractivity contribution in [3.63, 3.8) is 0 Å². The standard InChI is InChI=1S/C26H32O5S2/c1-26(31,11-9-18-7-8-19-5-2-3-6-20(19)15-18)12-10-21-22(27)16-23(28)25(21)33-14-4-13-32-17-24(29)30/h2-3,5-8,10,12,15,21-22,25,27,31H,4,9,11,13-14,16-17H2,1H3,(H,29,30)/t21-,22+,25+,26?/m0/s1. The van der Waals surface area contributed by atoms with Crippen molar-refractivity contribution in [2.75, 3.05) is 17.3 Å². The van der Waals surface area contributed by atoms with Crippen LogP contribution in [0.2, 0.25) is 0 Å². The Balaban J connectivity index is 1.53. The van der Waals surface area contributed by atoms with Crippen LogP contribution >= 0.6 is 23.5 Å². The van der Waals surface area contributed by atoms with E-state index in [1.54, 1.807) is 13.0 Å². The molecule has 0 radical (unpaired) electrons. The Morgan fingerprint density at radius 2 is 1.94 bits per heavy atom. The normalized spacial score (nSPS) is 22.8. The average Bonchev–Trinajstić information content (AvgIpc) is 3.05. The number of hydrogen-bond donors (Lipinski definition) is 3. The van der Waals surface area contributed by atoms with Gasteiger partial charge in [0.05, 0.1) is 22.7 Å². The number of aliphatic hydroxyl groups is 2. The van der Waals surface area contributed by atoms with Crippen molar-refractivity contribution in [2.24, 2.45) is 5.92 Å². The maximum atomic E-state index is 12.4. The highest BCUT2D eigenvalue weighted by atomic mass is 32.2. The minimum absolute atomic E-state index is 0.0381. The van der Waals surface area contributed by atoms with Gasteiger partial charge in [0.25, 0.3) is 0 Å². The van der Waals surface area contributed by atoms with Crippen LogP contribution in [0.1, 0.15) is 31.7 Å². The number of aryl methyl sites for hydroxylation is 1. The van der Waals surface area contributed by atoms with Crippen LogP contribution < -0.4 is 0 Å². The first-order valence-electron chi connectivity index (χ1n) is 11.3. The van der Waals surface area contributed by atoms with Gasteiger partial charge in [-0.05, 0) is 54.0 Å². The molecule has 1 aliphatic carbocycles. The van der Waals surface area contributed by atoms with E-state index >= 15 is 0 Å². The molecule has 1 unspecified atom stereocenters. The second-order valence-electron chi connectivity index (χ2n) is 8.80. The highest BCUT2D eigenvalue weighted by molar-refractivity contribution is 8.01. The summed E-state index contributed by atoms with van der Waals surface area (Å²) in [7, 11) is 0. The summed E-state index contributed by atoms with van der Waals surface area (Å²) in [5, 5.41) is 32.0. The summed E-state index contributed by atoms with van der Waals surface area (Å²) in [6.07, 6.45) is 5.02. The Morgan fingerprint density at radius 1 is 1.18 bits per heavy atom. The van der Waals surface area contributed by atoms with Gasteiger partial charge in [-0.25, -0.2) is 0 Å². The van der Waals surface area contributed by atoms with Crippen LogP contribution in [0.4, 0.5) is 0 Å². The molecule has 0 saturated heterocycles. The minimum Gasteiger partial charge on any atom is -0.481 e. The molecular weight excluding hydrogens is 456 g/mol. The van der Waals surface area contributed by atoms with Crippen LogP contribution in [0.5, 0.6) is 0 Å². The summed E-state index contributed by atoms with van der Waals surface area (Å²) in [6, 6.07) is 14.5. The molecule has 1 fully saturated rings. The van der Waals surface area contributed by atoms with E-state index in [-0.39, 0.29) is 29.1 Å². The first-order chi connectivity index (χ1) is 15.7.